The van der Waals surface area contributed by atoms with Crippen LogP contribution in [0.15, 0.2) is 24.3 Å². The highest BCUT2D eigenvalue weighted by atomic mass is 35.5. The van der Waals surface area contributed by atoms with Crippen molar-refractivity contribution in [3.8, 4) is 12.1 Å². The summed E-state index contributed by atoms with van der Waals surface area (Å²) in [4.78, 5) is 0. The molecular formula is C10H5ClN2. The summed E-state index contributed by atoms with van der Waals surface area (Å²) in [5, 5.41) is 17.4. The van der Waals surface area contributed by atoms with Gasteiger partial charge in [-0.25, -0.2) is 0 Å². The molecule has 3 heteroatoms. The van der Waals surface area contributed by atoms with Gasteiger partial charge in [0.15, 0.2) is 0 Å². The van der Waals surface area contributed by atoms with E-state index in [9.17, 15) is 0 Å². The van der Waals surface area contributed by atoms with Crippen LogP contribution in [0.2, 0.25) is 5.02 Å². The van der Waals surface area contributed by atoms with E-state index in [1.807, 2.05) is 12.1 Å². The van der Waals surface area contributed by atoms with Crippen molar-refractivity contribution in [3.05, 3.63) is 40.4 Å². The third-order valence-corrected chi connectivity index (χ3v) is 1.79. The maximum absolute atomic E-state index is 8.64. The van der Waals surface area contributed by atoms with Gasteiger partial charge in [-0.1, -0.05) is 17.7 Å². The van der Waals surface area contributed by atoms with Crippen molar-refractivity contribution in [2.75, 3.05) is 0 Å². The van der Waals surface area contributed by atoms with Gasteiger partial charge in [0.1, 0.15) is 6.07 Å². The van der Waals surface area contributed by atoms with Crippen molar-refractivity contribution >= 4 is 17.7 Å². The second kappa shape index (κ2) is 4.30. The van der Waals surface area contributed by atoms with Crippen molar-refractivity contribution in [1.82, 2.24) is 0 Å². The molecule has 0 unspecified atom stereocenters. The third kappa shape index (κ3) is 2.33. The first-order chi connectivity index (χ1) is 6.27. The molecule has 0 saturated carbocycles. The predicted octanol–water partition coefficient (Wildman–Crippen LogP) is 2.75. The van der Waals surface area contributed by atoms with Gasteiger partial charge in [0, 0.05) is 6.08 Å². The summed E-state index contributed by atoms with van der Waals surface area (Å²) >= 11 is 5.72. The fraction of sp³-hybridized carbons (Fsp3) is 0. The normalized spacial score (nSPS) is 9.46. The summed E-state index contributed by atoms with van der Waals surface area (Å²) in [7, 11) is 0. The predicted molar refractivity (Wildman–Crippen MR) is 50.8 cm³/mol. The molecule has 0 aliphatic rings. The summed E-state index contributed by atoms with van der Waals surface area (Å²) in [5.74, 6) is 0. The first-order valence-corrected chi connectivity index (χ1v) is 3.91. The monoisotopic (exact) mass is 188 g/mol. The molecule has 0 amide bonds. The minimum absolute atomic E-state index is 0.418. The number of hydrogen-bond acceptors (Lipinski definition) is 2. The van der Waals surface area contributed by atoms with E-state index >= 15 is 0 Å². The highest BCUT2D eigenvalue weighted by Gasteiger charge is 1.98. The Bertz CT molecular complexity index is 422. The standard InChI is InChI=1S/C10H5ClN2/c11-10-4-3-8(2-1-5-12)6-9(10)7-13/h1-4,6H. The van der Waals surface area contributed by atoms with E-state index in [1.165, 1.54) is 6.08 Å². The Kier molecular flexibility index (Phi) is 3.09. The molecule has 0 aliphatic heterocycles. The van der Waals surface area contributed by atoms with E-state index in [-0.39, 0.29) is 0 Å². The molecule has 1 aromatic carbocycles. The van der Waals surface area contributed by atoms with Crippen LogP contribution in [0.3, 0.4) is 0 Å². The van der Waals surface area contributed by atoms with Crippen LogP contribution >= 0.6 is 11.6 Å². The third-order valence-electron chi connectivity index (χ3n) is 1.46. The van der Waals surface area contributed by atoms with Crippen molar-refractivity contribution in [2.45, 2.75) is 0 Å². The summed E-state index contributed by atoms with van der Waals surface area (Å²) < 4.78 is 0. The quantitative estimate of drug-likeness (QED) is 0.637. The SMILES string of the molecule is N#CC=Cc1ccc(Cl)c(C#N)c1. The molecule has 1 rings (SSSR count). The zero-order valence-corrected chi connectivity index (χ0v) is 7.42. The number of allylic oxidation sites excluding steroid dienone is 1. The van der Waals surface area contributed by atoms with Gasteiger partial charge >= 0.3 is 0 Å². The molecule has 0 atom stereocenters. The first-order valence-electron chi connectivity index (χ1n) is 3.53. The maximum Gasteiger partial charge on any atom is 0.101 e. The Morgan fingerprint density at radius 3 is 2.69 bits per heavy atom. The molecule has 62 valence electrons. The Morgan fingerprint density at radius 2 is 2.08 bits per heavy atom. The molecule has 0 saturated heterocycles. The van der Waals surface area contributed by atoms with Gasteiger partial charge in [-0.15, -0.1) is 0 Å². The van der Waals surface area contributed by atoms with Gasteiger partial charge in [0.25, 0.3) is 0 Å². The van der Waals surface area contributed by atoms with Gasteiger partial charge in [-0.05, 0) is 23.8 Å². The molecule has 0 fully saturated rings. The van der Waals surface area contributed by atoms with Crippen molar-refractivity contribution in [3.63, 3.8) is 0 Å². The van der Waals surface area contributed by atoms with E-state index in [1.54, 1.807) is 24.3 Å². The van der Waals surface area contributed by atoms with Crippen LogP contribution < -0.4 is 0 Å². The Balaban J connectivity index is 3.10. The number of hydrogen-bond donors (Lipinski definition) is 0. The highest BCUT2D eigenvalue weighted by Crippen LogP contribution is 2.17. The van der Waals surface area contributed by atoms with Gasteiger partial charge in [-0.2, -0.15) is 10.5 Å². The van der Waals surface area contributed by atoms with Gasteiger partial charge in [0.05, 0.1) is 16.7 Å². The van der Waals surface area contributed by atoms with Gasteiger partial charge < -0.3 is 0 Å². The highest BCUT2D eigenvalue weighted by molar-refractivity contribution is 6.31. The average Bonchev–Trinajstić information content (AvgIpc) is 2.16. The molecule has 0 aliphatic carbocycles. The molecular weight excluding hydrogens is 184 g/mol. The zero-order valence-electron chi connectivity index (χ0n) is 6.66. The fourth-order valence-electron chi connectivity index (χ4n) is 0.866. The lowest BCUT2D eigenvalue weighted by Gasteiger charge is -1.95. The summed E-state index contributed by atoms with van der Waals surface area (Å²) in [6, 6.07) is 8.85. The van der Waals surface area contributed by atoms with Crippen LogP contribution in [-0.4, -0.2) is 0 Å². The Hall–Kier alpha value is -1.77. The van der Waals surface area contributed by atoms with E-state index in [2.05, 4.69) is 0 Å². The number of benzene rings is 1. The molecule has 0 bridgehead atoms. The van der Waals surface area contributed by atoms with E-state index in [0.29, 0.717) is 10.6 Å². The lowest BCUT2D eigenvalue weighted by atomic mass is 10.1. The van der Waals surface area contributed by atoms with Gasteiger partial charge in [0.2, 0.25) is 0 Å². The minimum atomic E-state index is 0.418. The van der Waals surface area contributed by atoms with Crippen LogP contribution in [0.4, 0.5) is 0 Å². The fourth-order valence-corrected chi connectivity index (χ4v) is 1.03. The summed E-state index contributed by atoms with van der Waals surface area (Å²) in [6.07, 6.45) is 2.97. The topological polar surface area (TPSA) is 47.6 Å². The number of nitriles is 2. The lowest BCUT2D eigenvalue weighted by molar-refractivity contribution is 1.48. The van der Waals surface area contributed by atoms with Crippen LogP contribution in [-0.2, 0) is 0 Å². The van der Waals surface area contributed by atoms with Crippen LogP contribution in [0.5, 0.6) is 0 Å². The molecule has 0 spiro atoms. The molecule has 1 aromatic rings. The Morgan fingerprint density at radius 1 is 1.31 bits per heavy atom. The largest absolute Gasteiger partial charge is 0.193 e. The smallest absolute Gasteiger partial charge is 0.101 e. The zero-order chi connectivity index (χ0) is 9.68. The van der Waals surface area contributed by atoms with Crippen molar-refractivity contribution < 1.29 is 0 Å². The van der Waals surface area contributed by atoms with Crippen LogP contribution in [0.25, 0.3) is 6.08 Å². The lowest BCUT2D eigenvalue weighted by Crippen LogP contribution is -1.78. The first kappa shape index (κ1) is 9.32. The molecule has 0 heterocycles. The Labute approximate surface area is 81.3 Å². The summed E-state index contributed by atoms with van der Waals surface area (Å²) in [5.41, 5.74) is 1.21. The van der Waals surface area contributed by atoms with Crippen LogP contribution in [0.1, 0.15) is 11.1 Å². The van der Waals surface area contributed by atoms with E-state index < -0.39 is 0 Å². The molecule has 0 radical (unpaired) electrons. The summed E-state index contributed by atoms with van der Waals surface area (Å²) in [6.45, 7) is 0. The molecule has 2 nitrogen and oxygen atoms in total. The molecule has 0 aromatic heterocycles. The maximum atomic E-state index is 8.64. The van der Waals surface area contributed by atoms with Crippen molar-refractivity contribution in [2.24, 2.45) is 0 Å². The average molecular weight is 189 g/mol. The minimum Gasteiger partial charge on any atom is -0.193 e. The van der Waals surface area contributed by atoms with E-state index in [4.69, 9.17) is 22.1 Å². The number of halogens is 1. The number of rotatable bonds is 1. The molecule has 0 N–H and O–H groups in total. The second-order valence-electron chi connectivity index (χ2n) is 2.31. The van der Waals surface area contributed by atoms with Crippen molar-refractivity contribution in [1.29, 1.82) is 10.5 Å². The van der Waals surface area contributed by atoms with Crippen LogP contribution in [0, 0.1) is 22.7 Å². The van der Waals surface area contributed by atoms with E-state index in [0.717, 1.165) is 5.56 Å². The second-order valence-corrected chi connectivity index (χ2v) is 2.72. The number of nitrogens with zero attached hydrogens (tertiary/aromatic N) is 2. The molecule has 13 heavy (non-hydrogen) atoms. The van der Waals surface area contributed by atoms with Gasteiger partial charge in [-0.3, -0.25) is 0 Å².